The average Bonchev–Trinajstić information content (AvgIpc) is 2.36. The number of halogens is 7. The summed E-state index contributed by atoms with van der Waals surface area (Å²) in [6.07, 6.45) is -4.79. The molecule has 0 radical (unpaired) electrons. The van der Waals surface area contributed by atoms with Crippen LogP contribution in [0.5, 0.6) is 5.75 Å². The topological polar surface area (TPSA) is 9.23 Å². The number of alkyl halides is 3. The van der Waals surface area contributed by atoms with E-state index in [0.717, 1.165) is 12.1 Å². The van der Waals surface area contributed by atoms with Crippen LogP contribution in [0.2, 0.25) is 20.1 Å². The summed E-state index contributed by atoms with van der Waals surface area (Å²) in [5, 5.41) is 0.703. The van der Waals surface area contributed by atoms with Crippen LogP contribution >= 0.6 is 46.4 Å². The molecule has 0 aliphatic heterocycles. The lowest BCUT2D eigenvalue weighted by atomic mass is 10.1. The van der Waals surface area contributed by atoms with Gasteiger partial charge >= 0.3 is 6.36 Å². The molecule has 0 unspecified atom stereocenters. The van der Waals surface area contributed by atoms with Gasteiger partial charge in [0.25, 0.3) is 0 Å². The Morgan fingerprint density at radius 1 is 0.810 bits per heavy atom. The van der Waals surface area contributed by atoms with Gasteiger partial charge in [0.2, 0.25) is 0 Å². The Morgan fingerprint density at radius 2 is 1.38 bits per heavy atom. The van der Waals surface area contributed by atoms with Crippen LogP contribution in [0.3, 0.4) is 0 Å². The highest BCUT2D eigenvalue weighted by Gasteiger charge is 2.31. The van der Waals surface area contributed by atoms with Crippen LogP contribution in [0.25, 0.3) is 11.1 Å². The van der Waals surface area contributed by atoms with Gasteiger partial charge in [-0.15, -0.1) is 13.2 Å². The quantitative estimate of drug-likeness (QED) is 0.520. The smallest absolute Gasteiger partial charge is 0.406 e. The van der Waals surface area contributed by atoms with E-state index < -0.39 is 12.1 Å². The third kappa shape index (κ3) is 4.10. The molecule has 0 aliphatic rings. The van der Waals surface area contributed by atoms with Crippen molar-refractivity contribution in [1.82, 2.24) is 0 Å². The number of benzene rings is 2. The predicted octanol–water partition coefficient (Wildman–Crippen LogP) is 6.87. The molecule has 2 aromatic rings. The average molecular weight is 376 g/mol. The molecule has 0 atom stereocenters. The molecule has 112 valence electrons. The molecule has 0 saturated carbocycles. The molecule has 8 heteroatoms. The van der Waals surface area contributed by atoms with E-state index in [9.17, 15) is 13.2 Å². The van der Waals surface area contributed by atoms with Gasteiger partial charge in [0.1, 0.15) is 5.75 Å². The fourth-order valence-corrected chi connectivity index (χ4v) is 2.46. The second-order valence-corrected chi connectivity index (χ2v) is 5.54. The van der Waals surface area contributed by atoms with Gasteiger partial charge in [0.15, 0.2) is 0 Å². The summed E-state index contributed by atoms with van der Waals surface area (Å²) in [5.41, 5.74) is 0.714. The minimum Gasteiger partial charge on any atom is -0.406 e. The SMILES string of the molecule is FC(F)(F)Oc1ccc(Cl)c(-c2cc(Cl)c(Cl)c(Cl)c2)c1. The predicted molar refractivity (Wildman–Crippen MR) is 78.6 cm³/mol. The molecule has 0 aromatic heterocycles. The van der Waals surface area contributed by atoms with E-state index >= 15 is 0 Å². The fourth-order valence-electron chi connectivity index (χ4n) is 1.63. The highest BCUT2D eigenvalue weighted by Crippen LogP contribution is 2.39. The highest BCUT2D eigenvalue weighted by atomic mass is 35.5. The van der Waals surface area contributed by atoms with Crippen LogP contribution in [0.15, 0.2) is 30.3 Å². The molecule has 0 saturated heterocycles. The number of rotatable bonds is 2. The molecule has 0 aliphatic carbocycles. The number of hydrogen-bond donors (Lipinski definition) is 0. The first kappa shape index (κ1) is 16.6. The van der Waals surface area contributed by atoms with Crippen LogP contribution in [0.4, 0.5) is 13.2 Å². The van der Waals surface area contributed by atoms with E-state index in [1.54, 1.807) is 0 Å². The van der Waals surface area contributed by atoms with Crippen molar-refractivity contribution in [3.63, 3.8) is 0 Å². The zero-order chi connectivity index (χ0) is 15.8. The summed E-state index contributed by atoms with van der Waals surface area (Å²) in [6, 6.07) is 6.45. The second-order valence-electron chi connectivity index (χ2n) is 3.94. The first-order chi connectivity index (χ1) is 9.67. The van der Waals surface area contributed by atoms with E-state index in [1.807, 2.05) is 0 Å². The van der Waals surface area contributed by atoms with Crippen molar-refractivity contribution in [2.24, 2.45) is 0 Å². The Hall–Kier alpha value is -0.810. The molecule has 0 bridgehead atoms. The lowest BCUT2D eigenvalue weighted by molar-refractivity contribution is -0.274. The Bertz CT molecular complexity index is 663. The van der Waals surface area contributed by atoms with E-state index in [1.165, 1.54) is 18.2 Å². The normalized spacial score (nSPS) is 11.6. The fraction of sp³-hybridized carbons (Fsp3) is 0.0769. The Balaban J connectivity index is 2.51. The van der Waals surface area contributed by atoms with Crippen molar-refractivity contribution in [3.8, 4) is 16.9 Å². The molecule has 2 aromatic carbocycles. The molecule has 2 rings (SSSR count). The van der Waals surface area contributed by atoms with E-state index in [4.69, 9.17) is 46.4 Å². The molecular weight excluding hydrogens is 371 g/mol. The van der Waals surface area contributed by atoms with E-state index in [0.29, 0.717) is 11.1 Å². The molecular formula is C13H5Cl4F3O. The first-order valence-corrected chi connectivity index (χ1v) is 6.89. The van der Waals surface area contributed by atoms with Crippen LogP contribution < -0.4 is 4.74 Å². The zero-order valence-electron chi connectivity index (χ0n) is 9.94. The van der Waals surface area contributed by atoms with Gasteiger partial charge in [-0.1, -0.05) is 46.4 Å². The van der Waals surface area contributed by atoms with Crippen LogP contribution in [0, 0.1) is 0 Å². The minimum atomic E-state index is -4.79. The van der Waals surface area contributed by atoms with Crippen molar-refractivity contribution in [1.29, 1.82) is 0 Å². The van der Waals surface area contributed by atoms with Gasteiger partial charge in [-0.05, 0) is 35.9 Å². The molecule has 0 heterocycles. The summed E-state index contributed by atoms with van der Waals surface area (Å²) in [6.45, 7) is 0. The number of ether oxygens (including phenoxy) is 1. The lowest BCUT2D eigenvalue weighted by Gasteiger charge is -2.12. The van der Waals surface area contributed by atoms with Gasteiger partial charge in [-0.3, -0.25) is 0 Å². The van der Waals surface area contributed by atoms with Gasteiger partial charge in [0, 0.05) is 10.6 Å². The monoisotopic (exact) mass is 374 g/mol. The maximum Gasteiger partial charge on any atom is 0.573 e. The Labute approximate surface area is 138 Å². The van der Waals surface area contributed by atoms with Crippen molar-refractivity contribution in [2.75, 3.05) is 0 Å². The van der Waals surface area contributed by atoms with Gasteiger partial charge in [-0.25, -0.2) is 0 Å². The largest absolute Gasteiger partial charge is 0.573 e. The van der Waals surface area contributed by atoms with Crippen molar-refractivity contribution >= 4 is 46.4 Å². The van der Waals surface area contributed by atoms with Crippen molar-refractivity contribution in [3.05, 3.63) is 50.4 Å². The summed E-state index contributed by atoms with van der Waals surface area (Å²) >= 11 is 23.6. The molecule has 1 nitrogen and oxygen atoms in total. The highest BCUT2D eigenvalue weighted by molar-refractivity contribution is 6.48. The van der Waals surface area contributed by atoms with E-state index in [2.05, 4.69) is 4.74 Å². The third-order valence-corrected chi connectivity index (χ3v) is 3.99. The lowest BCUT2D eigenvalue weighted by Crippen LogP contribution is -2.17. The summed E-state index contributed by atoms with van der Waals surface area (Å²) in [5.74, 6) is -0.399. The van der Waals surface area contributed by atoms with Crippen LogP contribution in [-0.4, -0.2) is 6.36 Å². The minimum absolute atomic E-state index is 0.154. The Kier molecular flexibility index (Phi) is 4.83. The van der Waals surface area contributed by atoms with Crippen LogP contribution in [0.1, 0.15) is 0 Å². The second kappa shape index (κ2) is 6.13. The zero-order valence-corrected chi connectivity index (χ0v) is 13.0. The summed E-state index contributed by atoms with van der Waals surface area (Å²) < 4.78 is 40.6. The maximum atomic E-state index is 12.2. The van der Waals surface area contributed by atoms with Crippen LogP contribution in [-0.2, 0) is 0 Å². The molecule has 0 N–H and O–H groups in total. The molecule has 0 amide bonds. The molecule has 0 fully saturated rings. The third-order valence-electron chi connectivity index (χ3n) is 2.47. The first-order valence-electron chi connectivity index (χ1n) is 5.37. The van der Waals surface area contributed by atoms with Gasteiger partial charge in [0.05, 0.1) is 15.1 Å². The maximum absolute atomic E-state index is 12.2. The van der Waals surface area contributed by atoms with Gasteiger partial charge in [-0.2, -0.15) is 0 Å². The standard InChI is InChI=1S/C13H5Cl4F3O/c14-9-2-1-7(21-13(18,19)20)5-8(9)6-3-10(15)12(17)11(16)4-6/h1-5H. The summed E-state index contributed by atoms with van der Waals surface area (Å²) in [4.78, 5) is 0. The molecule has 0 spiro atoms. The number of hydrogen-bond acceptors (Lipinski definition) is 1. The molecule has 21 heavy (non-hydrogen) atoms. The van der Waals surface area contributed by atoms with E-state index in [-0.39, 0.29) is 20.1 Å². The summed E-state index contributed by atoms with van der Waals surface area (Å²) in [7, 11) is 0. The van der Waals surface area contributed by atoms with Gasteiger partial charge < -0.3 is 4.74 Å². The van der Waals surface area contributed by atoms with Crippen molar-refractivity contribution in [2.45, 2.75) is 6.36 Å². The van der Waals surface area contributed by atoms with Crippen molar-refractivity contribution < 1.29 is 17.9 Å². The Morgan fingerprint density at radius 3 is 1.90 bits per heavy atom.